The average molecular weight is 615 g/mol. The van der Waals surface area contributed by atoms with E-state index in [-0.39, 0.29) is 5.91 Å². The van der Waals surface area contributed by atoms with Crippen LogP contribution in [0.2, 0.25) is 0 Å². The van der Waals surface area contributed by atoms with E-state index in [1.807, 2.05) is 24.5 Å². The van der Waals surface area contributed by atoms with Crippen molar-refractivity contribution in [2.24, 2.45) is 0 Å². The lowest BCUT2D eigenvalue weighted by molar-refractivity contribution is -0.142. The number of nitrogens with one attached hydrogen (secondary N) is 1. The van der Waals surface area contributed by atoms with E-state index < -0.39 is 12.0 Å². The molecule has 0 aromatic heterocycles. The normalized spacial score (nSPS) is 14.4. The van der Waals surface area contributed by atoms with Crippen LogP contribution in [-0.4, -0.2) is 48.5 Å². The highest BCUT2D eigenvalue weighted by Gasteiger charge is 2.24. The summed E-state index contributed by atoms with van der Waals surface area (Å²) in [6, 6.07) is 23.0. The molecule has 0 heterocycles. The molecule has 1 aliphatic carbocycles. The standard InChI is InChI=1S/C38H50N2O3S/c1-5-6-23-40(26-29-16-19-32(20-17-29)31-13-8-7-9-14-31)27-30-18-21-34(35(25-30)33-15-11-10-12-28(33)2)37(41)39-36(22-24-44-4)38(42)43-3/h10-12,15-21,25,31,36H,5-9,13-14,22-24,26-27H2,1-4H3,(H,39,41). The Morgan fingerprint density at radius 3 is 2.34 bits per heavy atom. The molecule has 5 nitrogen and oxygen atoms in total. The Kier molecular flexibility index (Phi) is 13.4. The van der Waals surface area contributed by atoms with E-state index in [1.54, 1.807) is 11.8 Å². The number of carbonyl (C=O) groups is 2. The molecule has 0 saturated heterocycles. The molecule has 1 unspecified atom stereocenters. The number of hydrogen-bond donors (Lipinski definition) is 1. The van der Waals surface area contributed by atoms with Crippen molar-refractivity contribution in [2.45, 2.75) is 90.3 Å². The van der Waals surface area contributed by atoms with Gasteiger partial charge in [0, 0.05) is 18.7 Å². The predicted molar refractivity (Wildman–Crippen MR) is 184 cm³/mol. The fourth-order valence-corrected chi connectivity index (χ4v) is 6.76. The Hall–Kier alpha value is -3.09. The number of aryl methyl sites for hydroxylation is 1. The molecule has 0 bridgehead atoms. The van der Waals surface area contributed by atoms with Gasteiger partial charge in [0.15, 0.2) is 0 Å². The minimum absolute atomic E-state index is 0.257. The molecule has 3 aromatic rings. The molecule has 3 aromatic carbocycles. The van der Waals surface area contributed by atoms with E-state index in [4.69, 9.17) is 4.74 Å². The zero-order valence-electron chi connectivity index (χ0n) is 27.1. The average Bonchev–Trinajstić information content (AvgIpc) is 3.06. The Morgan fingerprint density at radius 2 is 1.66 bits per heavy atom. The number of thioether (sulfide) groups is 1. The molecule has 4 rings (SSSR count). The van der Waals surface area contributed by atoms with Gasteiger partial charge in [0.1, 0.15) is 6.04 Å². The number of esters is 1. The van der Waals surface area contributed by atoms with Crippen LogP contribution < -0.4 is 5.32 Å². The van der Waals surface area contributed by atoms with Gasteiger partial charge in [0.25, 0.3) is 5.91 Å². The molecular formula is C38H50N2O3S. The summed E-state index contributed by atoms with van der Waals surface area (Å²) in [4.78, 5) is 28.6. The molecule has 44 heavy (non-hydrogen) atoms. The molecule has 1 aliphatic rings. The number of benzene rings is 3. The second-order valence-corrected chi connectivity index (χ2v) is 13.2. The second-order valence-electron chi connectivity index (χ2n) is 12.2. The van der Waals surface area contributed by atoms with Crippen molar-refractivity contribution in [3.05, 3.63) is 94.5 Å². The summed E-state index contributed by atoms with van der Waals surface area (Å²) >= 11 is 1.64. The number of methoxy groups -OCH3 is 1. The molecule has 0 aliphatic heterocycles. The second kappa shape index (κ2) is 17.4. The zero-order valence-corrected chi connectivity index (χ0v) is 27.9. The van der Waals surface area contributed by atoms with Gasteiger partial charge < -0.3 is 10.1 Å². The molecule has 0 spiro atoms. The third-order valence-corrected chi connectivity index (χ3v) is 9.51. The monoisotopic (exact) mass is 614 g/mol. The number of unbranched alkanes of at least 4 members (excludes halogenated alkanes) is 1. The number of hydrogen-bond acceptors (Lipinski definition) is 5. The summed E-state index contributed by atoms with van der Waals surface area (Å²) in [6.07, 6.45) is 11.5. The fourth-order valence-electron chi connectivity index (χ4n) is 6.29. The van der Waals surface area contributed by atoms with Gasteiger partial charge in [-0.2, -0.15) is 11.8 Å². The summed E-state index contributed by atoms with van der Waals surface area (Å²) in [5.74, 6) is 0.797. The summed E-state index contributed by atoms with van der Waals surface area (Å²) in [5, 5.41) is 2.96. The van der Waals surface area contributed by atoms with Gasteiger partial charge >= 0.3 is 5.97 Å². The number of rotatable bonds is 15. The van der Waals surface area contributed by atoms with Gasteiger partial charge in [-0.05, 0) is 103 Å². The van der Waals surface area contributed by atoms with Crippen LogP contribution >= 0.6 is 11.8 Å². The SMILES string of the molecule is CCCCN(Cc1ccc(C2CCCCC2)cc1)Cc1ccc(C(=O)NC(CCSC)C(=O)OC)c(-c2ccccc2C)c1. The maximum Gasteiger partial charge on any atom is 0.328 e. The van der Waals surface area contributed by atoms with Crippen LogP contribution in [-0.2, 0) is 22.6 Å². The maximum absolute atomic E-state index is 13.7. The van der Waals surface area contributed by atoms with Crippen LogP contribution in [0.3, 0.4) is 0 Å². The smallest absolute Gasteiger partial charge is 0.328 e. The Morgan fingerprint density at radius 1 is 0.955 bits per heavy atom. The number of nitrogens with zero attached hydrogens (tertiary/aromatic N) is 1. The highest BCUT2D eigenvalue weighted by atomic mass is 32.2. The maximum atomic E-state index is 13.7. The van der Waals surface area contributed by atoms with E-state index in [9.17, 15) is 9.59 Å². The van der Waals surface area contributed by atoms with Crippen LogP contribution in [0.5, 0.6) is 0 Å². The van der Waals surface area contributed by atoms with Gasteiger partial charge in [-0.25, -0.2) is 4.79 Å². The van der Waals surface area contributed by atoms with Crippen LogP contribution in [0.4, 0.5) is 0 Å². The van der Waals surface area contributed by atoms with E-state index in [1.165, 1.54) is 55.9 Å². The van der Waals surface area contributed by atoms with E-state index >= 15 is 0 Å². The summed E-state index contributed by atoms with van der Waals surface area (Å²) in [7, 11) is 1.36. The largest absolute Gasteiger partial charge is 0.467 e. The van der Waals surface area contributed by atoms with Crippen molar-refractivity contribution in [3.8, 4) is 11.1 Å². The van der Waals surface area contributed by atoms with Crippen molar-refractivity contribution < 1.29 is 14.3 Å². The van der Waals surface area contributed by atoms with E-state index in [0.29, 0.717) is 12.0 Å². The van der Waals surface area contributed by atoms with Crippen LogP contribution in [0.1, 0.15) is 96.8 Å². The summed E-state index contributed by atoms with van der Waals surface area (Å²) < 4.78 is 4.99. The van der Waals surface area contributed by atoms with Crippen LogP contribution in [0, 0.1) is 6.92 Å². The minimum Gasteiger partial charge on any atom is -0.467 e. The third kappa shape index (κ3) is 9.45. The molecular weight excluding hydrogens is 564 g/mol. The Bertz CT molecular complexity index is 1350. The molecule has 1 N–H and O–H groups in total. The van der Waals surface area contributed by atoms with Gasteiger partial charge in [-0.15, -0.1) is 0 Å². The quantitative estimate of drug-likeness (QED) is 0.174. The highest BCUT2D eigenvalue weighted by molar-refractivity contribution is 7.98. The molecule has 6 heteroatoms. The highest BCUT2D eigenvalue weighted by Crippen LogP contribution is 2.33. The van der Waals surface area contributed by atoms with Crippen molar-refractivity contribution in [1.29, 1.82) is 0 Å². The number of amides is 1. The lowest BCUT2D eigenvalue weighted by Gasteiger charge is -2.25. The van der Waals surface area contributed by atoms with Gasteiger partial charge in [-0.1, -0.05) is 87.2 Å². The Labute approximate surface area is 269 Å². The summed E-state index contributed by atoms with van der Waals surface area (Å²) in [5.41, 5.74) is 7.59. The van der Waals surface area contributed by atoms with Gasteiger partial charge in [-0.3, -0.25) is 9.69 Å². The zero-order chi connectivity index (χ0) is 31.3. The third-order valence-electron chi connectivity index (χ3n) is 8.86. The molecule has 236 valence electrons. The van der Waals surface area contributed by atoms with Crippen molar-refractivity contribution in [1.82, 2.24) is 10.2 Å². The molecule has 0 radical (unpaired) electrons. The first-order valence-corrected chi connectivity index (χ1v) is 17.7. The first-order chi connectivity index (χ1) is 21.4. The lowest BCUT2D eigenvalue weighted by Crippen LogP contribution is -2.42. The number of carbonyl (C=O) groups excluding carboxylic acids is 2. The molecule has 1 saturated carbocycles. The lowest BCUT2D eigenvalue weighted by atomic mass is 9.84. The van der Waals surface area contributed by atoms with Gasteiger partial charge in [0.05, 0.1) is 7.11 Å². The fraction of sp³-hybridized carbons (Fsp3) is 0.474. The topological polar surface area (TPSA) is 58.6 Å². The minimum atomic E-state index is -0.682. The number of ether oxygens (including phenoxy) is 1. The molecule has 1 atom stereocenters. The van der Waals surface area contributed by atoms with Crippen molar-refractivity contribution >= 4 is 23.6 Å². The van der Waals surface area contributed by atoms with Crippen molar-refractivity contribution in [2.75, 3.05) is 25.7 Å². The van der Waals surface area contributed by atoms with Crippen LogP contribution in [0.15, 0.2) is 66.7 Å². The van der Waals surface area contributed by atoms with Crippen molar-refractivity contribution in [3.63, 3.8) is 0 Å². The molecule has 1 amide bonds. The van der Waals surface area contributed by atoms with Gasteiger partial charge in [0.2, 0.25) is 0 Å². The predicted octanol–water partition coefficient (Wildman–Crippen LogP) is 8.54. The Balaban J connectivity index is 1.58. The van der Waals surface area contributed by atoms with E-state index in [0.717, 1.165) is 60.8 Å². The summed E-state index contributed by atoms with van der Waals surface area (Å²) in [6.45, 7) is 7.01. The molecule has 1 fully saturated rings. The first kappa shape index (κ1) is 33.8. The van der Waals surface area contributed by atoms with E-state index in [2.05, 4.69) is 72.6 Å². The first-order valence-electron chi connectivity index (χ1n) is 16.3. The van der Waals surface area contributed by atoms with Crippen LogP contribution in [0.25, 0.3) is 11.1 Å².